The van der Waals surface area contributed by atoms with E-state index in [4.69, 9.17) is 4.74 Å². The first kappa shape index (κ1) is 16.1. The zero-order chi connectivity index (χ0) is 17.2. The van der Waals surface area contributed by atoms with E-state index in [1.54, 1.807) is 6.20 Å². The highest BCUT2D eigenvalue weighted by Crippen LogP contribution is 2.29. The summed E-state index contributed by atoms with van der Waals surface area (Å²) < 4.78 is 5.28. The molecular weight excluding hydrogens is 334 g/mol. The van der Waals surface area contributed by atoms with E-state index < -0.39 is 5.97 Å². The summed E-state index contributed by atoms with van der Waals surface area (Å²) in [7, 11) is 0. The quantitative estimate of drug-likeness (QED) is 0.426. The van der Waals surface area contributed by atoms with Crippen molar-refractivity contribution in [2.45, 2.75) is 32.1 Å². The van der Waals surface area contributed by atoms with E-state index in [1.807, 2.05) is 30.3 Å². The van der Waals surface area contributed by atoms with Gasteiger partial charge < -0.3 is 9.72 Å². The molecule has 1 aromatic carbocycles. The van der Waals surface area contributed by atoms with Crippen LogP contribution in [0.2, 0.25) is 0 Å². The second kappa shape index (κ2) is 6.84. The van der Waals surface area contributed by atoms with Gasteiger partial charge in [-0.1, -0.05) is 24.6 Å². The van der Waals surface area contributed by atoms with Crippen LogP contribution in [0, 0.1) is 0 Å². The minimum Gasteiger partial charge on any atom is -0.453 e. The van der Waals surface area contributed by atoms with Crippen LogP contribution in [0.5, 0.6) is 0 Å². The Hall–Kier alpha value is -2.40. The molecule has 1 N–H and O–H groups in total. The van der Waals surface area contributed by atoms with Gasteiger partial charge in [0.25, 0.3) is 0 Å². The van der Waals surface area contributed by atoms with E-state index in [2.05, 4.69) is 4.98 Å². The summed E-state index contributed by atoms with van der Waals surface area (Å²) >= 11 is 1.52. The summed E-state index contributed by atoms with van der Waals surface area (Å²) in [5.74, 6) is -0.588. The maximum atomic E-state index is 12.4. The molecule has 0 bridgehead atoms. The van der Waals surface area contributed by atoms with Gasteiger partial charge in [-0.05, 0) is 43.4 Å². The molecule has 0 radical (unpaired) electrons. The second-order valence-electron chi connectivity index (χ2n) is 6.37. The van der Waals surface area contributed by atoms with Crippen molar-refractivity contribution in [3.05, 3.63) is 57.4 Å². The molecule has 4 rings (SSSR count). The van der Waals surface area contributed by atoms with Crippen LogP contribution in [0.4, 0.5) is 0 Å². The lowest BCUT2D eigenvalue weighted by molar-refractivity contribution is 0.0480. The maximum absolute atomic E-state index is 12.4. The topological polar surface area (TPSA) is 59.2 Å². The van der Waals surface area contributed by atoms with Crippen molar-refractivity contribution < 1.29 is 14.3 Å². The number of carbonyl (C=O) groups is 2. The molecule has 0 saturated heterocycles. The second-order valence-corrected chi connectivity index (χ2v) is 7.50. The number of benzene rings is 1. The lowest BCUT2D eigenvalue weighted by Crippen LogP contribution is -2.13. The number of aryl methyl sites for hydroxylation is 2. The van der Waals surface area contributed by atoms with Gasteiger partial charge in [-0.3, -0.25) is 4.79 Å². The number of carbonyl (C=O) groups excluding carboxylic acids is 2. The number of esters is 1. The third-order valence-corrected chi connectivity index (χ3v) is 5.89. The first-order chi connectivity index (χ1) is 12.2. The van der Waals surface area contributed by atoms with Crippen molar-refractivity contribution in [3.8, 4) is 0 Å². The third-order valence-electron chi connectivity index (χ3n) is 4.67. The van der Waals surface area contributed by atoms with Crippen LogP contribution in [-0.4, -0.2) is 23.3 Å². The highest BCUT2D eigenvalue weighted by Gasteiger charge is 2.19. The standard InChI is InChI=1S/C20H19NO3S/c22-17(15-11-21-16-8-5-4-7-14(15)16)12-24-20(23)19-10-13-6-2-1-3-9-18(13)25-19/h4-5,7-8,10-11,21H,1-3,6,9,12H2. The number of hydrogen-bond donors (Lipinski definition) is 1. The normalized spacial score (nSPS) is 14.1. The zero-order valence-electron chi connectivity index (χ0n) is 13.8. The number of aromatic amines is 1. The number of fused-ring (bicyclic) bond motifs is 2. The summed E-state index contributed by atoms with van der Waals surface area (Å²) in [5, 5.41) is 0.853. The molecule has 4 nitrogen and oxygen atoms in total. The van der Waals surface area contributed by atoms with Gasteiger partial charge in [-0.25, -0.2) is 4.79 Å². The van der Waals surface area contributed by atoms with Gasteiger partial charge in [0.1, 0.15) is 4.88 Å². The van der Waals surface area contributed by atoms with E-state index in [0.717, 1.165) is 23.7 Å². The number of hydrogen-bond acceptors (Lipinski definition) is 4. The van der Waals surface area contributed by atoms with Crippen LogP contribution in [-0.2, 0) is 17.6 Å². The van der Waals surface area contributed by atoms with Crippen molar-refractivity contribution in [2.75, 3.05) is 6.61 Å². The van der Waals surface area contributed by atoms with Gasteiger partial charge in [0.2, 0.25) is 5.78 Å². The van der Waals surface area contributed by atoms with Crippen LogP contribution in [0.25, 0.3) is 10.9 Å². The van der Waals surface area contributed by atoms with Crippen LogP contribution in [0.1, 0.15) is 49.7 Å². The highest BCUT2D eigenvalue weighted by molar-refractivity contribution is 7.14. The fourth-order valence-corrected chi connectivity index (χ4v) is 4.50. The Kier molecular flexibility index (Phi) is 4.40. The van der Waals surface area contributed by atoms with Gasteiger partial charge in [-0.15, -0.1) is 11.3 Å². The third kappa shape index (κ3) is 3.24. The zero-order valence-corrected chi connectivity index (χ0v) is 14.7. The fourth-order valence-electron chi connectivity index (χ4n) is 3.35. The van der Waals surface area contributed by atoms with Crippen molar-refractivity contribution in [1.29, 1.82) is 0 Å². The van der Waals surface area contributed by atoms with Crippen molar-refractivity contribution in [3.63, 3.8) is 0 Å². The predicted octanol–water partition coefficient (Wildman–Crippen LogP) is 4.54. The number of rotatable bonds is 4. The molecular formula is C20H19NO3S. The van der Waals surface area contributed by atoms with Gasteiger partial charge >= 0.3 is 5.97 Å². The Labute approximate surface area is 149 Å². The van der Waals surface area contributed by atoms with Gasteiger partial charge in [0.05, 0.1) is 0 Å². The SMILES string of the molecule is O=C(OCC(=O)c1c[nH]c2ccccc12)c1cc2c(s1)CCCCC2. The van der Waals surface area contributed by atoms with Crippen LogP contribution >= 0.6 is 11.3 Å². The molecule has 0 atom stereocenters. The average molecular weight is 353 g/mol. The Morgan fingerprint density at radius 3 is 2.88 bits per heavy atom. The number of thiophene rings is 1. The molecule has 0 unspecified atom stereocenters. The van der Waals surface area contributed by atoms with Crippen LogP contribution in [0.15, 0.2) is 36.5 Å². The van der Waals surface area contributed by atoms with Gasteiger partial charge in [0, 0.05) is 27.5 Å². The van der Waals surface area contributed by atoms with Gasteiger partial charge in [0.15, 0.2) is 6.61 Å². The minimum absolute atomic E-state index is 0.191. The molecule has 0 saturated carbocycles. The van der Waals surface area contributed by atoms with E-state index in [9.17, 15) is 9.59 Å². The number of Topliss-reactive ketones (excluding diaryl/α,β-unsaturated/α-hetero) is 1. The smallest absolute Gasteiger partial charge is 0.348 e. The summed E-state index contributed by atoms with van der Waals surface area (Å²) in [6.45, 7) is -0.233. The molecule has 128 valence electrons. The molecule has 0 spiro atoms. The van der Waals surface area contributed by atoms with E-state index in [-0.39, 0.29) is 12.4 Å². The summed E-state index contributed by atoms with van der Waals surface area (Å²) in [5.41, 5.74) is 2.74. The Morgan fingerprint density at radius 1 is 1.12 bits per heavy atom. The summed E-state index contributed by atoms with van der Waals surface area (Å²) in [6.07, 6.45) is 7.36. The predicted molar refractivity (Wildman–Crippen MR) is 98.5 cm³/mol. The van der Waals surface area contributed by atoms with E-state index in [1.165, 1.54) is 41.0 Å². The highest BCUT2D eigenvalue weighted by atomic mass is 32.1. The first-order valence-electron chi connectivity index (χ1n) is 8.60. The Bertz CT molecular complexity index is 914. The molecule has 0 aliphatic heterocycles. The molecule has 25 heavy (non-hydrogen) atoms. The Balaban J connectivity index is 1.44. The van der Waals surface area contributed by atoms with Crippen molar-refractivity contribution in [1.82, 2.24) is 4.98 Å². The fraction of sp³-hybridized carbons (Fsp3) is 0.300. The number of para-hydroxylation sites is 1. The maximum Gasteiger partial charge on any atom is 0.348 e. The number of aromatic nitrogens is 1. The Morgan fingerprint density at radius 2 is 1.96 bits per heavy atom. The van der Waals surface area contributed by atoms with Crippen LogP contribution < -0.4 is 0 Å². The summed E-state index contributed by atoms with van der Waals surface area (Å²) in [6, 6.07) is 9.55. The average Bonchev–Trinajstić information content (AvgIpc) is 3.18. The lowest BCUT2D eigenvalue weighted by atomic mass is 10.1. The number of nitrogens with one attached hydrogen (secondary N) is 1. The lowest BCUT2D eigenvalue weighted by Gasteiger charge is -2.02. The van der Waals surface area contributed by atoms with Crippen molar-refractivity contribution in [2.24, 2.45) is 0 Å². The molecule has 2 aromatic heterocycles. The van der Waals surface area contributed by atoms with Gasteiger partial charge in [-0.2, -0.15) is 0 Å². The van der Waals surface area contributed by atoms with E-state index in [0.29, 0.717) is 10.4 Å². The van der Waals surface area contributed by atoms with Crippen LogP contribution in [0.3, 0.4) is 0 Å². The molecule has 5 heteroatoms. The minimum atomic E-state index is -0.397. The molecule has 3 aromatic rings. The van der Waals surface area contributed by atoms with Crippen molar-refractivity contribution >= 4 is 34.0 Å². The molecule has 1 aliphatic carbocycles. The molecule has 1 aliphatic rings. The molecule has 0 fully saturated rings. The number of ketones is 1. The molecule has 0 amide bonds. The number of ether oxygens (including phenoxy) is 1. The molecule has 2 heterocycles. The largest absolute Gasteiger partial charge is 0.453 e. The number of H-pyrrole nitrogens is 1. The summed E-state index contributed by atoms with van der Waals surface area (Å²) in [4.78, 5) is 29.7. The van der Waals surface area contributed by atoms with E-state index >= 15 is 0 Å². The first-order valence-corrected chi connectivity index (χ1v) is 9.42. The monoisotopic (exact) mass is 353 g/mol.